The van der Waals surface area contributed by atoms with Crippen molar-refractivity contribution >= 4 is 11.6 Å². The van der Waals surface area contributed by atoms with E-state index in [0.29, 0.717) is 6.42 Å². The maximum Gasteiger partial charge on any atom is 0.256 e. The molecule has 0 saturated carbocycles. The van der Waals surface area contributed by atoms with E-state index < -0.39 is 5.60 Å². The van der Waals surface area contributed by atoms with E-state index in [0.717, 1.165) is 23.2 Å². The monoisotopic (exact) mass is 289 g/mol. The maximum atomic E-state index is 12.1. The first kappa shape index (κ1) is 17.2. The first-order valence-corrected chi connectivity index (χ1v) is 7.03. The van der Waals surface area contributed by atoms with Gasteiger partial charge in [-0.3, -0.25) is 4.79 Å². The molecule has 21 heavy (non-hydrogen) atoms. The normalized spacial score (nSPS) is 10.7. The first-order chi connectivity index (χ1) is 9.94. The summed E-state index contributed by atoms with van der Waals surface area (Å²) in [5, 5.41) is 11.6. The quantitative estimate of drug-likeness (QED) is 0.818. The SMILES string of the molecule is CCc1cc(C#CCCO)ccc1NC(=O)C(C)(C)OC. The van der Waals surface area contributed by atoms with Crippen LogP contribution in [0.3, 0.4) is 0 Å². The van der Waals surface area contributed by atoms with E-state index in [4.69, 9.17) is 9.84 Å². The number of amides is 1. The number of aliphatic hydroxyl groups is 1. The molecular formula is C17H23NO3. The third-order valence-corrected chi connectivity index (χ3v) is 3.26. The Hall–Kier alpha value is -1.83. The summed E-state index contributed by atoms with van der Waals surface area (Å²) < 4.78 is 5.18. The van der Waals surface area contributed by atoms with E-state index in [1.165, 1.54) is 7.11 Å². The molecule has 0 aliphatic rings. The van der Waals surface area contributed by atoms with Crippen LogP contribution in [0.5, 0.6) is 0 Å². The van der Waals surface area contributed by atoms with Gasteiger partial charge in [0.1, 0.15) is 5.60 Å². The van der Waals surface area contributed by atoms with E-state index in [-0.39, 0.29) is 12.5 Å². The van der Waals surface area contributed by atoms with Crippen LogP contribution in [-0.4, -0.2) is 30.3 Å². The van der Waals surface area contributed by atoms with Crippen molar-refractivity contribution in [1.29, 1.82) is 0 Å². The van der Waals surface area contributed by atoms with Crippen molar-refractivity contribution < 1.29 is 14.6 Å². The van der Waals surface area contributed by atoms with Crippen LogP contribution in [0.25, 0.3) is 0 Å². The predicted octanol–water partition coefficient (Wildman–Crippen LogP) is 2.35. The molecule has 0 fully saturated rings. The molecule has 0 unspecified atom stereocenters. The Bertz CT molecular complexity index is 553. The lowest BCUT2D eigenvalue weighted by Crippen LogP contribution is -2.39. The Labute approximate surface area is 126 Å². The minimum atomic E-state index is -0.870. The highest BCUT2D eigenvalue weighted by Crippen LogP contribution is 2.20. The number of benzene rings is 1. The highest BCUT2D eigenvalue weighted by atomic mass is 16.5. The Balaban J connectivity index is 2.95. The van der Waals surface area contributed by atoms with Gasteiger partial charge in [0.2, 0.25) is 0 Å². The summed E-state index contributed by atoms with van der Waals surface area (Å²) in [6, 6.07) is 5.67. The molecule has 114 valence electrons. The fraction of sp³-hybridized carbons (Fsp3) is 0.471. The van der Waals surface area contributed by atoms with Crippen LogP contribution >= 0.6 is 0 Å². The molecule has 2 N–H and O–H groups in total. The third kappa shape index (κ3) is 4.89. The summed E-state index contributed by atoms with van der Waals surface area (Å²) in [6.45, 7) is 5.54. The van der Waals surface area contributed by atoms with Gasteiger partial charge < -0.3 is 15.2 Å². The summed E-state index contributed by atoms with van der Waals surface area (Å²) in [5.41, 5.74) is 1.81. The third-order valence-electron chi connectivity index (χ3n) is 3.26. The number of aryl methyl sites for hydroxylation is 1. The van der Waals surface area contributed by atoms with Gasteiger partial charge in [0.15, 0.2) is 0 Å². The van der Waals surface area contributed by atoms with E-state index in [2.05, 4.69) is 17.2 Å². The van der Waals surface area contributed by atoms with Crippen molar-refractivity contribution in [2.24, 2.45) is 0 Å². The summed E-state index contributed by atoms with van der Waals surface area (Å²) in [5.74, 6) is 5.70. The maximum absolute atomic E-state index is 12.1. The van der Waals surface area contributed by atoms with Crippen molar-refractivity contribution in [3.63, 3.8) is 0 Å². The average Bonchev–Trinajstić information content (AvgIpc) is 2.48. The highest BCUT2D eigenvalue weighted by Gasteiger charge is 2.27. The van der Waals surface area contributed by atoms with Crippen molar-refractivity contribution in [1.82, 2.24) is 0 Å². The Morgan fingerprint density at radius 3 is 2.71 bits per heavy atom. The Morgan fingerprint density at radius 1 is 1.43 bits per heavy atom. The molecule has 1 amide bonds. The number of rotatable bonds is 5. The second-order valence-corrected chi connectivity index (χ2v) is 5.17. The number of methoxy groups -OCH3 is 1. The van der Waals surface area contributed by atoms with Gasteiger partial charge in [-0.2, -0.15) is 0 Å². The van der Waals surface area contributed by atoms with Crippen molar-refractivity contribution in [2.45, 2.75) is 39.2 Å². The predicted molar refractivity (Wildman–Crippen MR) is 84.1 cm³/mol. The van der Waals surface area contributed by atoms with Crippen LogP contribution in [-0.2, 0) is 16.0 Å². The van der Waals surface area contributed by atoms with E-state index >= 15 is 0 Å². The van der Waals surface area contributed by atoms with Crippen LogP contribution in [0.15, 0.2) is 18.2 Å². The number of ether oxygens (including phenoxy) is 1. The van der Waals surface area contributed by atoms with Crippen LogP contribution in [0, 0.1) is 11.8 Å². The molecule has 0 spiro atoms. The molecule has 0 saturated heterocycles. The minimum absolute atomic E-state index is 0.0634. The number of carbonyl (C=O) groups is 1. The van der Waals surface area contributed by atoms with Gasteiger partial charge in [-0.05, 0) is 44.0 Å². The van der Waals surface area contributed by atoms with Crippen molar-refractivity contribution in [2.75, 3.05) is 19.0 Å². The molecule has 4 nitrogen and oxygen atoms in total. The van der Waals surface area contributed by atoms with Gasteiger partial charge in [-0.1, -0.05) is 18.8 Å². The second kappa shape index (κ2) is 7.82. The molecule has 0 atom stereocenters. The zero-order valence-corrected chi connectivity index (χ0v) is 13.1. The first-order valence-electron chi connectivity index (χ1n) is 7.03. The van der Waals surface area contributed by atoms with Gasteiger partial charge >= 0.3 is 0 Å². The second-order valence-electron chi connectivity index (χ2n) is 5.17. The average molecular weight is 289 g/mol. The zero-order valence-electron chi connectivity index (χ0n) is 13.1. The van der Waals surface area contributed by atoms with Crippen molar-refractivity contribution in [3.8, 4) is 11.8 Å². The lowest BCUT2D eigenvalue weighted by molar-refractivity contribution is -0.133. The van der Waals surface area contributed by atoms with Gasteiger partial charge in [0.05, 0.1) is 6.61 Å². The molecule has 0 aromatic heterocycles. The number of carbonyl (C=O) groups excluding carboxylic acids is 1. The Kier molecular flexibility index (Phi) is 6.41. The molecule has 1 aromatic carbocycles. The topological polar surface area (TPSA) is 58.6 Å². The molecule has 0 aliphatic heterocycles. The van der Waals surface area contributed by atoms with Gasteiger partial charge in [-0.15, -0.1) is 0 Å². The summed E-state index contributed by atoms with van der Waals surface area (Å²) in [4.78, 5) is 12.1. The molecule has 4 heteroatoms. The minimum Gasteiger partial charge on any atom is -0.395 e. The Morgan fingerprint density at radius 2 is 2.14 bits per heavy atom. The number of aliphatic hydroxyl groups excluding tert-OH is 1. The van der Waals surface area contributed by atoms with Crippen LogP contribution < -0.4 is 5.32 Å². The summed E-state index contributed by atoms with van der Waals surface area (Å²) >= 11 is 0. The van der Waals surface area contributed by atoms with Gasteiger partial charge in [0.25, 0.3) is 5.91 Å². The molecule has 0 bridgehead atoms. The molecule has 0 aliphatic carbocycles. The smallest absolute Gasteiger partial charge is 0.256 e. The molecule has 0 heterocycles. The fourth-order valence-corrected chi connectivity index (χ4v) is 1.67. The lowest BCUT2D eigenvalue weighted by atomic mass is 10.0. The van der Waals surface area contributed by atoms with E-state index in [1.807, 2.05) is 25.1 Å². The van der Waals surface area contributed by atoms with Gasteiger partial charge in [0, 0.05) is 24.8 Å². The van der Waals surface area contributed by atoms with Crippen LogP contribution in [0.2, 0.25) is 0 Å². The van der Waals surface area contributed by atoms with Crippen molar-refractivity contribution in [3.05, 3.63) is 29.3 Å². The number of hydrogen-bond acceptors (Lipinski definition) is 3. The molecular weight excluding hydrogens is 266 g/mol. The lowest BCUT2D eigenvalue weighted by Gasteiger charge is -2.22. The number of anilines is 1. The largest absolute Gasteiger partial charge is 0.395 e. The van der Waals surface area contributed by atoms with Crippen LogP contribution in [0.4, 0.5) is 5.69 Å². The van der Waals surface area contributed by atoms with Crippen LogP contribution in [0.1, 0.15) is 38.3 Å². The van der Waals surface area contributed by atoms with E-state index in [9.17, 15) is 4.79 Å². The standard InChI is InChI=1S/C17H23NO3/c1-5-14-12-13(8-6-7-11-19)9-10-15(14)18-16(20)17(2,3)21-4/h9-10,12,19H,5,7,11H2,1-4H3,(H,18,20). The molecule has 1 rings (SSSR count). The zero-order chi connectivity index (χ0) is 15.9. The summed E-state index contributed by atoms with van der Waals surface area (Å²) in [7, 11) is 1.51. The van der Waals surface area contributed by atoms with E-state index in [1.54, 1.807) is 13.8 Å². The molecule has 1 aromatic rings. The van der Waals surface area contributed by atoms with Gasteiger partial charge in [-0.25, -0.2) is 0 Å². The molecule has 0 radical (unpaired) electrons. The number of hydrogen-bond donors (Lipinski definition) is 2. The number of nitrogens with one attached hydrogen (secondary N) is 1. The summed E-state index contributed by atoms with van der Waals surface area (Å²) in [6.07, 6.45) is 1.25. The fourth-order valence-electron chi connectivity index (χ4n) is 1.67. The highest BCUT2D eigenvalue weighted by molar-refractivity contribution is 5.97.